The fourth-order valence-electron chi connectivity index (χ4n) is 1.38. The van der Waals surface area contributed by atoms with Crippen LogP contribution in [-0.2, 0) is 0 Å². The Morgan fingerprint density at radius 2 is 2.11 bits per heavy atom. The zero-order valence-electron chi connectivity index (χ0n) is 9.41. The topological polar surface area (TPSA) is 89.0 Å². The Balaban J connectivity index is 2.33. The molecular formula is C12H6BrN3O3. The summed E-state index contributed by atoms with van der Waals surface area (Å²) in [6, 6.07) is 9.17. The zero-order valence-corrected chi connectivity index (χ0v) is 11.0. The third-order valence-electron chi connectivity index (χ3n) is 2.15. The van der Waals surface area contributed by atoms with Crippen molar-refractivity contribution in [3.8, 4) is 17.6 Å². The Kier molecular flexibility index (Phi) is 3.73. The summed E-state index contributed by atoms with van der Waals surface area (Å²) in [7, 11) is 0. The number of nitriles is 1. The lowest BCUT2D eigenvalue weighted by atomic mass is 10.3. The first kappa shape index (κ1) is 13.0. The summed E-state index contributed by atoms with van der Waals surface area (Å²) in [5, 5.41) is 19.5. The highest BCUT2D eigenvalue weighted by molar-refractivity contribution is 9.10. The van der Waals surface area contributed by atoms with Crippen molar-refractivity contribution in [2.45, 2.75) is 0 Å². The van der Waals surface area contributed by atoms with E-state index in [-0.39, 0.29) is 11.4 Å². The Bertz CT molecular complexity index is 682. The zero-order chi connectivity index (χ0) is 13.8. The maximum absolute atomic E-state index is 10.7. The highest BCUT2D eigenvalue weighted by atomic mass is 79.9. The maximum Gasteiger partial charge on any atom is 0.274 e. The van der Waals surface area contributed by atoms with E-state index >= 15 is 0 Å². The molecule has 0 saturated carbocycles. The minimum atomic E-state index is -0.509. The number of ether oxygens (including phenoxy) is 1. The summed E-state index contributed by atoms with van der Waals surface area (Å²) in [4.78, 5) is 14.0. The van der Waals surface area contributed by atoms with Crippen molar-refractivity contribution in [2.24, 2.45) is 0 Å². The largest absolute Gasteiger partial charge is 0.457 e. The number of nitro benzene ring substituents is 1. The number of hydrogen-bond donors (Lipinski definition) is 0. The molecule has 1 heterocycles. The standard InChI is InChI=1S/C12H6BrN3O3/c13-8-3-10(16(17)18)6-12(4-8)19-11-1-2-15-9(5-11)7-14/h1-6H. The van der Waals surface area contributed by atoms with Gasteiger partial charge in [-0.25, -0.2) is 4.98 Å². The molecular weight excluding hydrogens is 314 g/mol. The SMILES string of the molecule is N#Cc1cc(Oc2cc(Br)cc([N+](=O)[O-])c2)ccn1. The van der Waals surface area contributed by atoms with E-state index in [1.54, 1.807) is 12.1 Å². The number of halogens is 1. The van der Waals surface area contributed by atoms with Crippen LogP contribution in [0.25, 0.3) is 0 Å². The van der Waals surface area contributed by atoms with Crippen LogP contribution in [0.4, 0.5) is 5.69 Å². The van der Waals surface area contributed by atoms with Crippen molar-refractivity contribution < 1.29 is 9.66 Å². The first-order valence-corrected chi connectivity index (χ1v) is 5.87. The van der Waals surface area contributed by atoms with Gasteiger partial charge in [0.25, 0.3) is 5.69 Å². The monoisotopic (exact) mass is 319 g/mol. The number of hydrogen-bond acceptors (Lipinski definition) is 5. The smallest absolute Gasteiger partial charge is 0.274 e. The van der Waals surface area contributed by atoms with Gasteiger partial charge in [0, 0.05) is 22.8 Å². The molecule has 7 heteroatoms. The van der Waals surface area contributed by atoms with Gasteiger partial charge in [-0.3, -0.25) is 10.1 Å². The second kappa shape index (κ2) is 5.46. The summed E-state index contributed by atoms with van der Waals surface area (Å²) in [6.45, 7) is 0. The summed E-state index contributed by atoms with van der Waals surface area (Å²) < 4.78 is 6.00. The Hall–Kier alpha value is -2.46. The van der Waals surface area contributed by atoms with Crippen LogP contribution in [0.15, 0.2) is 41.0 Å². The fraction of sp³-hybridized carbons (Fsp3) is 0. The van der Waals surface area contributed by atoms with Gasteiger partial charge in [-0.1, -0.05) is 15.9 Å². The predicted molar refractivity (Wildman–Crippen MR) is 69.8 cm³/mol. The van der Waals surface area contributed by atoms with Crippen LogP contribution in [0.3, 0.4) is 0 Å². The summed E-state index contributed by atoms with van der Waals surface area (Å²) >= 11 is 3.17. The molecule has 1 aromatic heterocycles. The molecule has 0 N–H and O–H groups in total. The van der Waals surface area contributed by atoms with E-state index in [1.165, 1.54) is 24.4 Å². The van der Waals surface area contributed by atoms with Crippen LogP contribution >= 0.6 is 15.9 Å². The van der Waals surface area contributed by atoms with Crippen LogP contribution in [-0.4, -0.2) is 9.91 Å². The molecule has 0 aliphatic carbocycles. The molecule has 0 unspecified atom stereocenters. The molecule has 0 radical (unpaired) electrons. The number of benzene rings is 1. The molecule has 2 rings (SSSR count). The minimum absolute atomic E-state index is 0.0843. The van der Waals surface area contributed by atoms with E-state index in [0.29, 0.717) is 16.0 Å². The summed E-state index contributed by atoms with van der Waals surface area (Å²) in [5.74, 6) is 0.690. The second-order valence-corrected chi connectivity index (χ2v) is 4.41. The van der Waals surface area contributed by atoms with Gasteiger partial charge < -0.3 is 4.74 Å². The molecule has 0 fully saturated rings. The number of aromatic nitrogens is 1. The van der Waals surface area contributed by atoms with Crippen LogP contribution in [0.5, 0.6) is 11.5 Å². The molecule has 0 amide bonds. The van der Waals surface area contributed by atoms with Gasteiger partial charge in [0.05, 0.1) is 11.0 Å². The van der Waals surface area contributed by atoms with Gasteiger partial charge >= 0.3 is 0 Å². The van der Waals surface area contributed by atoms with E-state index in [1.807, 2.05) is 6.07 Å². The average molecular weight is 320 g/mol. The normalized spacial score (nSPS) is 9.68. The van der Waals surface area contributed by atoms with Gasteiger partial charge in [-0.05, 0) is 12.1 Å². The maximum atomic E-state index is 10.7. The molecule has 94 valence electrons. The van der Waals surface area contributed by atoms with Crippen LogP contribution in [0.1, 0.15) is 5.69 Å². The van der Waals surface area contributed by atoms with Crippen molar-refractivity contribution in [3.63, 3.8) is 0 Å². The number of pyridine rings is 1. The lowest BCUT2D eigenvalue weighted by Gasteiger charge is -2.06. The summed E-state index contributed by atoms with van der Waals surface area (Å²) in [5.41, 5.74) is 0.126. The molecule has 0 aliphatic rings. The van der Waals surface area contributed by atoms with Crippen molar-refractivity contribution in [2.75, 3.05) is 0 Å². The van der Waals surface area contributed by atoms with Crippen molar-refractivity contribution >= 4 is 21.6 Å². The number of rotatable bonds is 3. The van der Waals surface area contributed by atoms with Crippen LogP contribution in [0.2, 0.25) is 0 Å². The van der Waals surface area contributed by atoms with Crippen molar-refractivity contribution in [3.05, 3.63) is 56.8 Å². The number of nitro groups is 1. The molecule has 2 aromatic rings. The van der Waals surface area contributed by atoms with Gasteiger partial charge in [-0.15, -0.1) is 0 Å². The number of nitrogens with zero attached hydrogens (tertiary/aromatic N) is 3. The van der Waals surface area contributed by atoms with E-state index in [9.17, 15) is 10.1 Å². The van der Waals surface area contributed by atoms with Crippen molar-refractivity contribution in [1.29, 1.82) is 5.26 Å². The highest BCUT2D eigenvalue weighted by Crippen LogP contribution is 2.29. The van der Waals surface area contributed by atoms with Gasteiger partial charge in [0.1, 0.15) is 23.3 Å². The lowest BCUT2D eigenvalue weighted by Crippen LogP contribution is -1.91. The highest BCUT2D eigenvalue weighted by Gasteiger charge is 2.10. The van der Waals surface area contributed by atoms with Gasteiger partial charge in [-0.2, -0.15) is 5.26 Å². The lowest BCUT2D eigenvalue weighted by molar-refractivity contribution is -0.385. The first-order valence-electron chi connectivity index (χ1n) is 5.07. The molecule has 0 atom stereocenters. The predicted octanol–water partition coefficient (Wildman–Crippen LogP) is 3.42. The molecule has 0 bridgehead atoms. The quantitative estimate of drug-likeness (QED) is 0.638. The Morgan fingerprint density at radius 3 is 2.79 bits per heavy atom. The summed E-state index contributed by atoms with van der Waals surface area (Å²) in [6.07, 6.45) is 1.43. The number of non-ortho nitro benzene ring substituents is 1. The third-order valence-corrected chi connectivity index (χ3v) is 2.61. The van der Waals surface area contributed by atoms with Crippen LogP contribution < -0.4 is 4.74 Å². The van der Waals surface area contributed by atoms with Crippen molar-refractivity contribution in [1.82, 2.24) is 4.98 Å². The third kappa shape index (κ3) is 3.26. The Morgan fingerprint density at radius 1 is 1.32 bits per heavy atom. The second-order valence-electron chi connectivity index (χ2n) is 3.49. The minimum Gasteiger partial charge on any atom is -0.457 e. The fourth-order valence-corrected chi connectivity index (χ4v) is 1.84. The van der Waals surface area contributed by atoms with E-state index < -0.39 is 4.92 Å². The van der Waals surface area contributed by atoms with Gasteiger partial charge in [0.2, 0.25) is 0 Å². The average Bonchev–Trinajstić information content (AvgIpc) is 2.38. The van der Waals surface area contributed by atoms with E-state index in [2.05, 4.69) is 20.9 Å². The van der Waals surface area contributed by atoms with Gasteiger partial charge in [0.15, 0.2) is 0 Å². The van der Waals surface area contributed by atoms with E-state index in [0.717, 1.165) is 0 Å². The molecule has 19 heavy (non-hydrogen) atoms. The van der Waals surface area contributed by atoms with E-state index in [4.69, 9.17) is 10.00 Å². The Labute approximate surface area is 116 Å². The molecule has 0 spiro atoms. The molecule has 1 aromatic carbocycles. The first-order chi connectivity index (χ1) is 9.08. The molecule has 6 nitrogen and oxygen atoms in total. The molecule has 0 aliphatic heterocycles. The molecule has 0 saturated heterocycles. The van der Waals surface area contributed by atoms with Crippen LogP contribution in [0, 0.1) is 21.4 Å².